The van der Waals surface area contributed by atoms with Gasteiger partial charge in [-0.25, -0.2) is 4.99 Å². The molecule has 1 atom stereocenters. The van der Waals surface area contributed by atoms with E-state index < -0.39 is 0 Å². The standard InChI is InChI=1S/C29H34N6O/c1-4-26(36)31-24-7-5-6-21(18-24)27-20(2)8-9-22-19-30-29(33-28(22)27)32-23-10-12-25(13-11-23)35-16-14-34(3)15-17-35/h5-13,18-19,29,32-33H,4,14-17H2,1-3H3,(H,31,36). The molecule has 3 aromatic carbocycles. The molecule has 2 aliphatic heterocycles. The molecular weight excluding hydrogens is 448 g/mol. The monoisotopic (exact) mass is 482 g/mol. The summed E-state index contributed by atoms with van der Waals surface area (Å²) in [6, 6.07) is 20.8. The largest absolute Gasteiger partial charge is 0.369 e. The van der Waals surface area contributed by atoms with Gasteiger partial charge in [0.05, 0.1) is 5.69 Å². The number of likely N-dealkylation sites (N-methyl/N-ethyl adjacent to an activating group) is 1. The Morgan fingerprint density at radius 1 is 1.03 bits per heavy atom. The normalized spacial score (nSPS) is 17.3. The van der Waals surface area contributed by atoms with E-state index in [4.69, 9.17) is 4.99 Å². The smallest absolute Gasteiger partial charge is 0.224 e. The Morgan fingerprint density at radius 2 is 1.81 bits per heavy atom. The van der Waals surface area contributed by atoms with E-state index >= 15 is 0 Å². The van der Waals surface area contributed by atoms with Crippen molar-refractivity contribution in [1.29, 1.82) is 0 Å². The molecule has 0 aromatic heterocycles. The average molecular weight is 483 g/mol. The van der Waals surface area contributed by atoms with Crippen LogP contribution in [0.5, 0.6) is 0 Å². The van der Waals surface area contributed by atoms with E-state index in [1.165, 1.54) is 5.69 Å². The van der Waals surface area contributed by atoms with Crippen LogP contribution in [0.4, 0.5) is 22.7 Å². The van der Waals surface area contributed by atoms with Gasteiger partial charge in [-0.1, -0.05) is 31.2 Å². The van der Waals surface area contributed by atoms with Crippen LogP contribution in [0.3, 0.4) is 0 Å². The minimum atomic E-state index is -0.282. The van der Waals surface area contributed by atoms with Crippen LogP contribution in [0.25, 0.3) is 11.1 Å². The molecular formula is C29H34N6O. The van der Waals surface area contributed by atoms with E-state index in [1.54, 1.807) is 0 Å². The molecule has 2 aliphatic rings. The number of hydrogen-bond donors (Lipinski definition) is 3. The van der Waals surface area contributed by atoms with Crippen molar-refractivity contribution < 1.29 is 4.79 Å². The number of fused-ring (bicyclic) bond motifs is 1. The molecule has 2 heterocycles. The molecule has 0 bridgehead atoms. The van der Waals surface area contributed by atoms with Crippen molar-refractivity contribution in [3.63, 3.8) is 0 Å². The number of hydrogen-bond acceptors (Lipinski definition) is 6. The Kier molecular flexibility index (Phi) is 6.91. The molecule has 0 spiro atoms. The molecule has 186 valence electrons. The average Bonchev–Trinajstić information content (AvgIpc) is 2.89. The van der Waals surface area contributed by atoms with E-state index in [9.17, 15) is 4.79 Å². The number of carbonyl (C=O) groups is 1. The zero-order valence-electron chi connectivity index (χ0n) is 21.2. The zero-order valence-corrected chi connectivity index (χ0v) is 21.2. The summed E-state index contributed by atoms with van der Waals surface area (Å²) >= 11 is 0. The van der Waals surface area contributed by atoms with Crippen LogP contribution in [0, 0.1) is 6.92 Å². The van der Waals surface area contributed by atoms with Crippen LogP contribution in [0.15, 0.2) is 65.7 Å². The van der Waals surface area contributed by atoms with Gasteiger partial charge in [-0.2, -0.15) is 0 Å². The fourth-order valence-electron chi connectivity index (χ4n) is 4.75. The molecule has 1 saturated heterocycles. The van der Waals surface area contributed by atoms with Crippen LogP contribution < -0.4 is 20.9 Å². The molecule has 1 unspecified atom stereocenters. The van der Waals surface area contributed by atoms with Gasteiger partial charge in [0.15, 0.2) is 6.29 Å². The number of carbonyl (C=O) groups excluding carboxylic acids is 1. The number of amides is 1. The highest BCUT2D eigenvalue weighted by atomic mass is 16.1. The summed E-state index contributed by atoms with van der Waals surface area (Å²) in [5.41, 5.74) is 8.48. The predicted octanol–water partition coefficient (Wildman–Crippen LogP) is 5.00. The Morgan fingerprint density at radius 3 is 2.56 bits per heavy atom. The lowest BCUT2D eigenvalue weighted by Crippen LogP contribution is -2.44. The summed E-state index contributed by atoms with van der Waals surface area (Å²) < 4.78 is 0. The minimum absolute atomic E-state index is 0.00660. The van der Waals surface area contributed by atoms with Crippen molar-refractivity contribution in [3.05, 3.63) is 71.8 Å². The highest BCUT2D eigenvalue weighted by molar-refractivity contribution is 5.98. The van der Waals surface area contributed by atoms with Gasteiger partial charge < -0.3 is 25.8 Å². The Balaban J connectivity index is 1.34. The molecule has 3 aromatic rings. The first-order valence-corrected chi connectivity index (χ1v) is 12.6. The number of rotatable bonds is 6. The number of aliphatic imine (C=N–C) groups is 1. The van der Waals surface area contributed by atoms with Crippen molar-refractivity contribution in [3.8, 4) is 11.1 Å². The maximum atomic E-state index is 11.9. The first kappa shape index (κ1) is 23.9. The van der Waals surface area contributed by atoms with Gasteiger partial charge in [0.1, 0.15) is 0 Å². The minimum Gasteiger partial charge on any atom is -0.369 e. The molecule has 0 radical (unpaired) electrons. The van der Waals surface area contributed by atoms with E-state index in [-0.39, 0.29) is 12.2 Å². The van der Waals surface area contributed by atoms with E-state index in [1.807, 2.05) is 31.3 Å². The number of anilines is 4. The third-order valence-corrected chi connectivity index (χ3v) is 6.88. The fourth-order valence-corrected chi connectivity index (χ4v) is 4.75. The molecule has 36 heavy (non-hydrogen) atoms. The van der Waals surface area contributed by atoms with Crippen LogP contribution in [0.1, 0.15) is 24.5 Å². The molecule has 3 N–H and O–H groups in total. The SMILES string of the molecule is CCC(=O)Nc1cccc(-c2c(C)ccc3c2NC(Nc2ccc(N4CCN(C)CC4)cc2)N=C3)c1. The lowest BCUT2D eigenvalue weighted by atomic mass is 9.94. The van der Waals surface area contributed by atoms with Gasteiger partial charge in [-0.3, -0.25) is 4.79 Å². The molecule has 1 fully saturated rings. The maximum absolute atomic E-state index is 11.9. The highest BCUT2D eigenvalue weighted by Crippen LogP contribution is 2.37. The molecule has 0 aliphatic carbocycles. The highest BCUT2D eigenvalue weighted by Gasteiger charge is 2.20. The summed E-state index contributed by atoms with van der Waals surface area (Å²) in [5, 5.41) is 10.1. The lowest BCUT2D eigenvalue weighted by molar-refractivity contribution is -0.115. The number of aryl methyl sites for hydroxylation is 1. The zero-order chi connectivity index (χ0) is 25.1. The molecule has 7 heteroatoms. The first-order chi connectivity index (χ1) is 17.5. The van der Waals surface area contributed by atoms with Crippen LogP contribution in [-0.2, 0) is 4.79 Å². The van der Waals surface area contributed by atoms with Crippen molar-refractivity contribution in [2.45, 2.75) is 26.6 Å². The van der Waals surface area contributed by atoms with E-state index in [2.05, 4.69) is 82.2 Å². The maximum Gasteiger partial charge on any atom is 0.224 e. The van der Waals surface area contributed by atoms with E-state index in [0.717, 1.165) is 65.5 Å². The third-order valence-electron chi connectivity index (χ3n) is 6.88. The second kappa shape index (κ2) is 10.4. The summed E-state index contributed by atoms with van der Waals surface area (Å²) in [5.74, 6) is 0.00660. The van der Waals surface area contributed by atoms with Gasteiger partial charge in [-0.05, 0) is 61.5 Å². The van der Waals surface area contributed by atoms with Gasteiger partial charge in [0, 0.05) is 67.0 Å². The number of nitrogens with zero attached hydrogens (tertiary/aromatic N) is 3. The predicted molar refractivity (Wildman–Crippen MR) is 150 cm³/mol. The van der Waals surface area contributed by atoms with Crippen LogP contribution in [-0.4, -0.2) is 56.5 Å². The van der Waals surface area contributed by atoms with Gasteiger partial charge >= 0.3 is 0 Å². The topological polar surface area (TPSA) is 72.0 Å². The fraction of sp³-hybridized carbons (Fsp3) is 0.310. The summed E-state index contributed by atoms with van der Waals surface area (Å²) in [6.45, 7) is 8.26. The van der Waals surface area contributed by atoms with Crippen molar-refractivity contribution >= 4 is 34.9 Å². The summed E-state index contributed by atoms with van der Waals surface area (Å²) in [7, 11) is 2.17. The molecule has 0 saturated carbocycles. The van der Waals surface area contributed by atoms with E-state index in [0.29, 0.717) is 6.42 Å². The number of piperazine rings is 1. The summed E-state index contributed by atoms with van der Waals surface area (Å²) in [4.78, 5) is 21.4. The Hall–Kier alpha value is -3.84. The Labute approximate surface area is 213 Å². The third kappa shape index (κ3) is 5.21. The molecule has 1 amide bonds. The van der Waals surface area contributed by atoms with Gasteiger partial charge in [0.25, 0.3) is 0 Å². The Bertz CT molecular complexity index is 1260. The molecule has 7 nitrogen and oxygen atoms in total. The summed E-state index contributed by atoms with van der Waals surface area (Å²) in [6.07, 6.45) is 2.09. The lowest BCUT2D eigenvalue weighted by Gasteiger charge is -2.34. The second-order valence-corrected chi connectivity index (χ2v) is 9.51. The number of benzene rings is 3. The quantitative estimate of drug-likeness (QED) is 0.461. The van der Waals surface area contributed by atoms with Crippen molar-refractivity contribution in [2.75, 3.05) is 54.1 Å². The van der Waals surface area contributed by atoms with Gasteiger partial charge in [0.2, 0.25) is 5.91 Å². The number of nitrogens with one attached hydrogen (secondary N) is 3. The molecule has 5 rings (SSSR count). The van der Waals surface area contributed by atoms with Crippen molar-refractivity contribution in [1.82, 2.24) is 4.90 Å². The van der Waals surface area contributed by atoms with Crippen LogP contribution in [0.2, 0.25) is 0 Å². The first-order valence-electron chi connectivity index (χ1n) is 12.6. The van der Waals surface area contributed by atoms with Gasteiger partial charge in [-0.15, -0.1) is 0 Å². The van der Waals surface area contributed by atoms with Crippen LogP contribution >= 0.6 is 0 Å². The second-order valence-electron chi connectivity index (χ2n) is 9.51. The van der Waals surface area contributed by atoms with Crippen molar-refractivity contribution in [2.24, 2.45) is 4.99 Å².